The van der Waals surface area contributed by atoms with Crippen molar-refractivity contribution in [3.05, 3.63) is 75.8 Å². The first-order valence-corrected chi connectivity index (χ1v) is 8.96. The Bertz CT molecular complexity index is 852. The lowest BCUT2D eigenvalue weighted by Gasteiger charge is -2.14. The van der Waals surface area contributed by atoms with E-state index in [0.29, 0.717) is 31.1 Å². The Balaban J connectivity index is 1.96. The molecule has 0 saturated carbocycles. The fraction of sp³-hybridized carbons (Fsp3) is 0.190. The molecule has 3 nitrogen and oxygen atoms in total. The van der Waals surface area contributed by atoms with E-state index >= 15 is 0 Å². The Hall–Kier alpha value is -2.33. The van der Waals surface area contributed by atoms with Gasteiger partial charge in [-0.05, 0) is 52.2 Å². The van der Waals surface area contributed by atoms with Crippen LogP contribution < -0.4 is 9.47 Å². The van der Waals surface area contributed by atoms with Gasteiger partial charge in [0.1, 0.15) is 6.61 Å². The van der Waals surface area contributed by atoms with E-state index in [1.807, 2.05) is 49.4 Å². The third-order valence-corrected chi connectivity index (χ3v) is 4.54. The van der Waals surface area contributed by atoms with Crippen molar-refractivity contribution < 1.29 is 14.3 Å². The molecule has 1 aliphatic rings. The SMILES string of the molecule is C=CCOc1c(Br)cc(/C=C2\Cc3ccccc3C2=O)cc1OCC. The second-order valence-electron chi connectivity index (χ2n) is 5.70. The normalized spacial score (nSPS) is 14.5. The molecule has 4 heteroatoms. The highest BCUT2D eigenvalue weighted by molar-refractivity contribution is 9.10. The number of Topliss-reactive ketones (excluding diaryl/α,β-unsaturated/α-hetero) is 1. The summed E-state index contributed by atoms with van der Waals surface area (Å²) in [7, 11) is 0. The monoisotopic (exact) mass is 398 g/mol. The number of fused-ring (bicyclic) bond motifs is 1. The molecule has 0 fully saturated rings. The predicted octanol–water partition coefficient (Wildman–Crippen LogP) is 5.24. The molecule has 0 unspecified atom stereocenters. The van der Waals surface area contributed by atoms with Crippen LogP contribution in [0.1, 0.15) is 28.4 Å². The molecule has 0 radical (unpaired) electrons. The maximum absolute atomic E-state index is 12.6. The topological polar surface area (TPSA) is 35.5 Å². The summed E-state index contributed by atoms with van der Waals surface area (Å²) in [6.45, 7) is 6.52. The summed E-state index contributed by atoms with van der Waals surface area (Å²) in [5.74, 6) is 1.38. The van der Waals surface area contributed by atoms with E-state index in [1.165, 1.54) is 0 Å². The number of benzene rings is 2. The molecule has 3 rings (SSSR count). The van der Waals surface area contributed by atoms with Gasteiger partial charge < -0.3 is 9.47 Å². The highest BCUT2D eigenvalue weighted by Gasteiger charge is 2.24. The average Bonchev–Trinajstić information content (AvgIpc) is 2.91. The second-order valence-corrected chi connectivity index (χ2v) is 6.55. The largest absolute Gasteiger partial charge is 0.490 e. The number of carbonyl (C=O) groups is 1. The van der Waals surface area contributed by atoms with E-state index < -0.39 is 0 Å². The Morgan fingerprint density at radius 1 is 1.24 bits per heavy atom. The second kappa shape index (κ2) is 7.70. The van der Waals surface area contributed by atoms with Gasteiger partial charge in [0.25, 0.3) is 0 Å². The van der Waals surface area contributed by atoms with E-state index in [0.717, 1.165) is 26.7 Å². The van der Waals surface area contributed by atoms with Gasteiger partial charge in [0.05, 0.1) is 11.1 Å². The first kappa shape index (κ1) is 17.5. The summed E-state index contributed by atoms with van der Waals surface area (Å²) in [6, 6.07) is 11.6. The third kappa shape index (κ3) is 3.69. The zero-order chi connectivity index (χ0) is 17.8. The quantitative estimate of drug-likeness (QED) is 0.493. The van der Waals surface area contributed by atoms with Gasteiger partial charge in [-0.15, -0.1) is 0 Å². The molecule has 0 aromatic heterocycles. The fourth-order valence-electron chi connectivity index (χ4n) is 2.89. The molecule has 0 bridgehead atoms. The van der Waals surface area contributed by atoms with Gasteiger partial charge in [-0.3, -0.25) is 4.79 Å². The molecular formula is C21H19BrO3. The lowest BCUT2D eigenvalue weighted by atomic mass is 10.1. The van der Waals surface area contributed by atoms with Crippen LogP contribution in [-0.4, -0.2) is 19.0 Å². The number of rotatable bonds is 6. The van der Waals surface area contributed by atoms with Crippen molar-refractivity contribution in [1.29, 1.82) is 0 Å². The van der Waals surface area contributed by atoms with Crippen LogP contribution in [0.4, 0.5) is 0 Å². The summed E-state index contributed by atoms with van der Waals surface area (Å²) in [6.07, 6.45) is 4.27. The maximum atomic E-state index is 12.6. The van der Waals surface area contributed by atoms with Gasteiger partial charge in [0.15, 0.2) is 17.3 Å². The number of ketones is 1. The smallest absolute Gasteiger partial charge is 0.189 e. The minimum absolute atomic E-state index is 0.0941. The van der Waals surface area contributed by atoms with E-state index in [4.69, 9.17) is 9.47 Å². The Kier molecular flexibility index (Phi) is 5.39. The molecule has 0 atom stereocenters. The number of allylic oxidation sites excluding steroid dienone is 1. The van der Waals surface area contributed by atoms with Gasteiger partial charge in [-0.1, -0.05) is 36.9 Å². The van der Waals surface area contributed by atoms with Crippen LogP contribution in [0.5, 0.6) is 11.5 Å². The van der Waals surface area contributed by atoms with Crippen molar-refractivity contribution in [2.24, 2.45) is 0 Å². The number of hydrogen-bond donors (Lipinski definition) is 0. The molecule has 0 heterocycles. The van der Waals surface area contributed by atoms with Crippen LogP contribution in [0.3, 0.4) is 0 Å². The van der Waals surface area contributed by atoms with Crippen molar-refractivity contribution in [3.8, 4) is 11.5 Å². The first-order chi connectivity index (χ1) is 12.1. The van der Waals surface area contributed by atoms with Crippen LogP contribution in [0.15, 0.2) is 59.1 Å². The minimum Gasteiger partial charge on any atom is -0.490 e. The van der Waals surface area contributed by atoms with E-state index in [9.17, 15) is 4.79 Å². The van der Waals surface area contributed by atoms with Crippen LogP contribution in [-0.2, 0) is 6.42 Å². The van der Waals surface area contributed by atoms with Crippen LogP contribution in [0.25, 0.3) is 6.08 Å². The van der Waals surface area contributed by atoms with Gasteiger partial charge in [0, 0.05) is 17.6 Å². The Morgan fingerprint density at radius 2 is 2.04 bits per heavy atom. The molecular weight excluding hydrogens is 380 g/mol. The molecule has 0 N–H and O–H groups in total. The Morgan fingerprint density at radius 3 is 2.76 bits per heavy atom. The minimum atomic E-state index is 0.0941. The van der Waals surface area contributed by atoms with E-state index in [1.54, 1.807) is 6.08 Å². The summed E-state index contributed by atoms with van der Waals surface area (Å²) in [5.41, 5.74) is 3.56. The first-order valence-electron chi connectivity index (χ1n) is 8.17. The zero-order valence-corrected chi connectivity index (χ0v) is 15.6. The van der Waals surface area contributed by atoms with Crippen LogP contribution in [0, 0.1) is 0 Å². The highest BCUT2D eigenvalue weighted by Crippen LogP contribution is 2.38. The lowest BCUT2D eigenvalue weighted by Crippen LogP contribution is -2.00. The summed E-state index contributed by atoms with van der Waals surface area (Å²) < 4.78 is 12.2. The molecule has 2 aromatic carbocycles. The molecule has 1 aliphatic carbocycles. The average molecular weight is 399 g/mol. The third-order valence-electron chi connectivity index (χ3n) is 3.95. The van der Waals surface area contributed by atoms with Crippen molar-refractivity contribution in [2.45, 2.75) is 13.3 Å². The van der Waals surface area contributed by atoms with E-state index in [2.05, 4.69) is 22.5 Å². The molecule has 0 aliphatic heterocycles. The predicted molar refractivity (Wildman–Crippen MR) is 103 cm³/mol. The standard InChI is InChI=1S/C21H19BrO3/c1-3-9-25-21-18(22)11-14(12-19(21)24-4-2)10-16-13-15-7-5-6-8-17(15)20(16)23/h3,5-8,10-12H,1,4,9,13H2,2H3/b16-10+. The molecule has 128 valence electrons. The molecule has 0 spiro atoms. The van der Waals surface area contributed by atoms with Crippen molar-refractivity contribution in [2.75, 3.05) is 13.2 Å². The summed E-state index contributed by atoms with van der Waals surface area (Å²) in [5, 5.41) is 0. The maximum Gasteiger partial charge on any atom is 0.189 e. The van der Waals surface area contributed by atoms with Crippen LogP contribution >= 0.6 is 15.9 Å². The molecule has 2 aromatic rings. The summed E-state index contributed by atoms with van der Waals surface area (Å²) >= 11 is 3.54. The molecule has 0 amide bonds. The van der Waals surface area contributed by atoms with Crippen LogP contribution in [0.2, 0.25) is 0 Å². The molecule has 0 saturated heterocycles. The van der Waals surface area contributed by atoms with Crippen molar-refractivity contribution >= 4 is 27.8 Å². The Labute approximate surface area is 156 Å². The molecule has 25 heavy (non-hydrogen) atoms. The summed E-state index contributed by atoms with van der Waals surface area (Å²) in [4.78, 5) is 12.6. The van der Waals surface area contributed by atoms with Gasteiger partial charge in [0.2, 0.25) is 0 Å². The van der Waals surface area contributed by atoms with Crippen molar-refractivity contribution in [3.63, 3.8) is 0 Å². The van der Waals surface area contributed by atoms with Crippen molar-refractivity contribution in [1.82, 2.24) is 0 Å². The number of halogens is 1. The highest BCUT2D eigenvalue weighted by atomic mass is 79.9. The zero-order valence-electron chi connectivity index (χ0n) is 14.0. The van der Waals surface area contributed by atoms with Gasteiger partial charge in [-0.2, -0.15) is 0 Å². The lowest BCUT2D eigenvalue weighted by molar-refractivity contribution is 0.104. The van der Waals surface area contributed by atoms with Gasteiger partial charge in [-0.25, -0.2) is 0 Å². The number of carbonyl (C=O) groups excluding carboxylic acids is 1. The van der Waals surface area contributed by atoms with E-state index in [-0.39, 0.29) is 5.78 Å². The number of ether oxygens (including phenoxy) is 2. The number of hydrogen-bond acceptors (Lipinski definition) is 3. The van der Waals surface area contributed by atoms with Gasteiger partial charge >= 0.3 is 0 Å². The fourth-order valence-corrected chi connectivity index (χ4v) is 3.46.